The zero-order valence-electron chi connectivity index (χ0n) is 15.0. The Labute approximate surface area is 152 Å². The Morgan fingerprint density at radius 1 is 1.19 bits per heavy atom. The molecule has 0 radical (unpaired) electrons. The van der Waals surface area contributed by atoms with Crippen LogP contribution in [0.5, 0.6) is 5.75 Å². The standard InChI is InChI=1S/C19H23N3O4/c1-22(2)16(13-5-6-17-14(10-13)7-9-26-17)12-21-19(24)18(23)20-11-15-4-3-8-25-15/h3-6,8,10,16H,7,9,11-12H2,1-2H3,(H,20,23)(H,21,24)/t16-/m1/s1. The Bertz CT molecular complexity index is 771. The van der Waals surface area contributed by atoms with Gasteiger partial charge < -0.3 is 24.7 Å². The summed E-state index contributed by atoms with van der Waals surface area (Å²) in [4.78, 5) is 26.0. The van der Waals surface area contributed by atoms with E-state index in [0.29, 0.717) is 18.9 Å². The molecule has 3 rings (SSSR count). The van der Waals surface area contributed by atoms with Gasteiger partial charge >= 0.3 is 11.8 Å². The molecule has 0 saturated carbocycles. The molecule has 1 aromatic carbocycles. The van der Waals surface area contributed by atoms with Crippen LogP contribution in [0.1, 0.15) is 22.9 Å². The summed E-state index contributed by atoms with van der Waals surface area (Å²) in [7, 11) is 3.88. The summed E-state index contributed by atoms with van der Waals surface area (Å²) in [6.07, 6.45) is 2.41. The van der Waals surface area contributed by atoms with Crippen LogP contribution in [-0.4, -0.2) is 44.0 Å². The number of nitrogens with one attached hydrogen (secondary N) is 2. The van der Waals surface area contributed by atoms with Crippen molar-refractivity contribution in [3.05, 3.63) is 53.5 Å². The number of nitrogens with zero attached hydrogens (tertiary/aromatic N) is 1. The number of hydrogen-bond acceptors (Lipinski definition) is 5. The molecule has 0 spiro atoms. The van der Waals surface area contributed by atoms with Crippen LogP contribution in [0.2, 0.25) is 0 Å². The van der Waals surface area contributed by atoms with Crippen molar-refractivity contribution in [2.75, 3.05) is 27.2 Å². The van der Waals surface area contributed by atoms with Gasteiger partial charge in [-0.25, -0.2) is 0 Å². The molecule has 0 aliphatic carbocycles. The van der Waals surface area contributed by atoms with Gasteiger partial charge in [0.1, 0.15) is 11.5 Å². The second-order valence-electron chi connectivity index (χ2n) is 6.42. The van der Waals surface area contributed by atoms with Crippen molar-refractivity contribution >= 4 is 11.8 Å². The molecule has 2 heterocycles. The molecule has 1 atom stereocenters. The Balaban J connectivity index is 1.56. The lowest BCUT2D eigenvalue weighted by atomic mass is 10.0. The molecule has 2 aromatic rings. The zero-order valence-corrected chi connectivity index (χ0v) is 15.0. The van der Waals surface area contributed by atoms with Crippen molar-refractivity contribution in [2.24, 2.45) is 0 Å². The van der Waals surface area contributed by atoms with Crippen LogP contribution in [-0.2, 0) is 22.6 Å². The number of rotatable bonds is 6. The first-order valence-corrected chi connectivity index (χ1v) is 8.55. The van der Waals surface area contributed by atoms with Gasteiger partial charge in [0.05, 0.1) is 25.5 Å². The summed E-state index contributed by atoms with van der Waals surface area (Å²) in [6.45, 7) is 1.22. The first-order chi connectivity index (χ1) is 12.5. The molecule has 1 aromatic heterocycles. The Hall–Kier alpha value is -2.80. The number of furan rings is 1. The molecule has 0 fully saturated rings. The molecule has 0 unspecified atom stereocenters. The number of benzene rings is 1. The van der Waals surface area contributed by atoms with Gasteiger partial charge in [0.2, 0.25) is 0 Å². The lowest BCUT2D eigenvalue weighted by Crippen LogP contribution is -2.42. The number of amides is 2. The van der Waals surface area contributed by atoms with Crippen LogP contribution in [0.3, 0.4) is 0 Å². The van der Waals surface area contributed by atoms with E-state index in [0.717, 1.165) is 17.7 Å². The van der Waals surface area contributed by atoms with Crippen molar-refractivity contribution in [1.82, 2.24) is 15.5 Å². The van der Waals surface area contributed by atoms with Crippen molar-refractivity contribution < 1.29 is 18.7 Å². The lowest BCUT2D eigenvalue weighted by Gasteiger charge is -2.25. The maximum atomic E-state index is 12.1. The Morgan fingerprint density at radius 3 is 2.73 bits per heavy atom. The molecule has 7 nitrogen and oxygen atoms in total. The van der Waals surface area contributed by atoms with E-state index in [1.807, 2.05) is 31.1 Å². The summed E-state index contributed by atoms with van der Waals surface area (Å²) in [5, 5.41) is 5.24. The number of ether oxygens (including phenoxy) is 1. The van der Waals surface area contributed by atoms with Gasteiger partial charge in [-0.05, 0) is 43.4 Å². The molecule has 1 aliphatic rings. The van der Waals surface area contributed by atoms with E-state index in [1.54, 1.807) is 12.1 Å². The van der Waals surface area contributed by atoms with Crippen LogP contribution < -0.4 is 15.4 Å². The fraction of sp³-hybridized carbons (Fsp3) is 0.368. The third-order valence-corrected chi connectivity index (χ3v) is 4.39. The average molecular weight is 357 g/mol. The van der Waals surface area contributed by atoms with E-state index in [1.165, 1.54) is 11.8 Å². The molecule has 2 amide bonds. The van der Waals surface area contributed by atoms with Gasteiger partial charge in [0.25, 0.3) is 0 Å². The third kappa shape index (κ3) is 4.23. The largest absolute Gasteiger partial charge is 0.493 e. The van der Waals surface area contributed by atoms with Gasteiger partial charge in [-0.15, -0.1) is 0 Å². The van der Waals surface area contributed by atoms with E-state index in [-0.39, 0.29) is 12.6 Å². The smallest absolute Gasteiger partial charge is 0.309 e. The maximum Gasteiger partial charge on any atom is 0.309 e. The van der Waals surface area contributed by atoms with E-state index in [4.69, 9.17) is 9.15 Å². The normalized spacial score (nSPS) is 13.8. The third-order valence-electron chi connectivity index (χ3n) is 4.39. The molecular formula is C19H23N3O4. The van der Waals surface area contributed by atoms with Crippen molar-refractivity contribution in [2.45, 2.75) is 19.0 Å². The van der Waals surface area contributed by atoms with Gasteiger partial charge in [-0.3, -0.25) is 9.59 Å². The topological polar surface area (TPSA) is 83.8 Å². The van der Waals surface area contributed by atoms with Crippen LogP contribution in [0.4, 0.5) is 0 Å². The monoisotopic (exact) mass is 357 g/mol. The van der Waals surface area contributed by atoms with Crippen LogP contribution >= 0.6 is 0 Å². The van der Waals surface area contributed by atoms with Gasteiger partial charge in [0.15, 0.2) is 0 Å². The van der Waals surface area contributed by atoms with Gasteiger partial charge in [0, 0.05) is 13.0 Å². The van der Waals surface area contributed by atoms with Crippen LogP contribution in [0.15, 0.2) is 41.0 Å². The molecule has 7 heteroatoms. The number of hydrogen-bond donors (Lipinski definition) is 2. The fourth-order valence-corrected chi connectivity index (χ4v) is 2.94. The SMILES string of the molecule is CN(C)[C@H](CNC(=O)C(=O)NCc1ccco1)c1ccc2c(c1)CCO2. The molecule has 1 aliphatic heterocycles. The quantitative estimate of drug-likeness (QED) is 0.760. The van der Waals surface area contributed by atoms with E-state index in [2.05, 4.69) is 16.7 Å². The first kappa shape index (κ1) is 18.0. The number of carbonyl (C=O) groups is 2. The van der Waals surface area contributed by atoms with Crippen molar-refractivity contribution in [3.8, 4) is 5.75 Å². The summed E-state index contributed by atoms with van der Waals surface area (Å²) in [5.41, 5.74) is 2.26. The fourth-order valence-electron chi connectivity index (χ4n) is 2.94. The minimum absolute atomic E-state index is 0.0391. The highest BCUT2D eigenvalue weighted by atomic mass is 16.5. The second-order valence-corrected chi connectivity index (χ2v) is 6.42. The maximum absolute atomic E-state index is 12.1. The summed E-state index contributed by atoms with van der Waals surface area (Å²) in [6, 6.07) is 9.49. The van der Waals surface area contributed by atoms with Gasteiger partial charge in [-0.1, -0.05) is 12.1 Å². The highest BCUT2D eigenvalue weighted by Crippen LogP contribution is 2.29. The lowest BCUT2D eigenvalue weighted by molar-refractivity contribution is -0.139. The zero-order chi connectivity index (χ0) is 18.5. The highest BCUT2D eigenvalue weighted by molar-refractivity contribution is 6.35. The van der Waals surface area contributed by atoms with Gasteiger partial charge in [-0.2, -0.15) is 0 Å². The Morgan fingerprint density at radius 2 is 2.00 bits per heavy atom. The van der Waals surface area contributed by atoms with Crippen molar-refractivity contribution in [3.63, 3.8) is 0 Å². The molecule has 26 heavy (non-hydrogen) atoms. The summed E-state index contributed by atoms with van der Waals surface area (Å²) >= 11 is 0. The second kappa shape index (κ2) is 8.05. The van der Waals surface area contributed by atoms with E-state index < -0.39 is 11.8 Å². The van der Waals surface area contributed by atoms with Crippen molar-refractivity contribution in [1.29, 1.82) is 0 Å². The molecule has 0 bridgehead atoms. The highest BCUT2D eigenvalue weighted by Gasteiger charge is 2.21. The number of carbonyl (C=O) groups excluding carboxylic acids is 2. The first-order valence-electron chi connectivity index (χ1n) is 8.55. The molecule has 0 saturated heterocycles. The predicted molar refractivity (Wildman–Crippen MR) is 95.6 cm³/mol. The molecular weight excluding hydrogens is 334 g/mol. The summed E-state index contributed by atoms with van der Waals surface area (Å²) < 4.78 is 10.7. The predicted octanol–water partition coefficient (Wildman–Crippen LogP) is 1.25. The number of likely N-dealkylation sites (N-methyl/N-ethyl adjacent to an activating group) is 1. The molecule has 138 valence electrons. The van der Waals surface area contributed by atoms with Crippen LogP contribution in [0, 0.1) is 0 Å². The minimum Gasteiger partial charge on any atom is -0.493 e. The average Bonchev–Trinajstić information content (AvgIpc) is 3.30. The van der Waals surface area contributed by atoms with E-state index in [9.17, 15) is 9.59 Å². The van der Waals surface area contributed by atoms with Crippen LogP contribution in [0.25, 0.3) is 0 Å². The summed E-state index contributed by atoms with van der Waals surface area (Å²) in [5.74, 6) is 0.180. The molecule has 2 N–H and O–H groups in total. The number of fused-ring (bicyclic) bond motifs is 1. The Kier molecular flexibility index (Phi) is 5.58. The van der Waals surface area contributed by atoms with E-state index >= 15 is 0 Å². The minimum atomic E-state index is -0.679.